The zero-order valence-corrected chi connectivity index (χ0v) is 13.2. The second kappa shape index (κ2) is 6.23. The molecule has 0 aliphatic rings. The van der Waals surface area contributed by atoms with E-state index in [0.29, 0.717) is 6.04 Å². The second-order valence-electron chi connectivity index (χ2n) is 5.62. The topological polar surface area (TPSA) is 29.9 Å². The maximum atomic E-state index is 4.66. The van der Waals surface area contributed by atoms with Gasteiger partial charge >= 0.3 is 0 Å². The van der Waals surface area contributed by atoms with Gasteiger partial charge in [0.2, 0.25) is 0 Å². The van der Waals surface area contributed by atoms with Gasteiger partial charge in [0.1, 0.15) is 0 Å². The first kappa shape index (κ1) is 14.8. The van der Waals surface area contributed by atoms with Crippen molar-refractivity contribution in [3.8, 4) is 5.69 Å². The van der Waals surface area contributed by atoms with Crippen LogP contribution in [-0.2, 0) is 13.0 Å². The molecular weight excluding hydrogens is 246 g/mol. The van der Waals surface area contributed by atoms with E-state index < -0.39 is 0 Å². The lowest BCUT2D eigenvalue weighted by atomic mass is 10.1. The first-order valence-corrected chi connectivity index (χ1v) is 7.40. The molecule has 3 nitrogen and oxygen atoms in total. The maximum absolute atomic E-state index is 4.66. The van der Waals surface area contributed by atoms with E-state index in [-0.39, 0.29) is 0 Å². The van der Waals surface area contributed by atoms with Gasteiger partial charge in [0.15, 0.2) is 0 Å². The van der Waals surface area contributed by atoms with Crippen molar-refractivity contribution in [1.29, 1.82) is 0 Å². The van der Waals surface area contributed by atoms with Gasteiger partial charge in [-0.05, 0) is 43.5 Å². The van der Waals surface area contributed by atoms with Gasteiger partial charge in [-0.25, -0.2) is 4.68 Å². The Bertz CT molecular complexity index is 565. The molecule has 0 radical (unpaired) electrons. The Labute approximate surface area is 122 Å². The molecule has 0 fully saturated rings. The van der Waals surface area contributed by atoms with Crippen molar-refractivity contribution in [2.75, 3.05) is 0 Å². The van der Waals surface area contributed by atoms with Gasteiger partial charge in [-0.1, -0.05) is 32.9 Å². The summed E-state index contributed by atoms with van der Waals surface area (Å²) in [7, 11) is 0. The number of nitrogens with one attached hydrogen (secondary N) is 1. The van der Waals surface area contributed by atoms with Crippen LogP contribution < -0.4 is 5.32 Å². The van der Waals surface area contributed by atoms with Crippen molar-refractivity contribution >= 4 is 0 Å². The molecule has 0 spiro atoms. The fourth-order valence-electron chi connectivity index (χ4n) is 2.52. The molecule has 0 atom stereocenters. The summed E-state index contributed by atoms with van der Waals surface area (Å²) in [4.78, 5) is 0. The summed E-state index contributed by atoms with van der Waals surface area (Å²) in [5, 5.41) is 8.09. The Kier molecular flexibility index (Phi) is 4.61. The fraction of sp³-hybridized carbons (Fsp3) is 0.471. The quantitative estimate of drug-likeness (QED) is 0.901. The molecule has 0 unspecified atom stereocenters. The van der Waals surface area contributed by atoms with Crippen LogP contribution in [0.2, 0.25) is 0 Å². The zero-order chi connectivity index (χ0) is 14.7. The van der Waals surface area contributed by atoms with Crippen molar-refractivity contribution < 1.29 is 0 Å². The standard InChI is InChI=1S/C17H25N3/c1-6-17-13(4)19-20(14(17)5)16-9-7-15(8-10-16)11-18-12(2)3/h7-10,12,18H,6,11H2,1-5H3. The fourth-order valence-corrected chi connectivity index (χ4v) is 2.52. The number of nitrogens with zero attached hydrogens (tertiary/aromatic N) is 2. The van der Waals surface area contributed by atoms with Crippen LogP contribution >= 0.6 is 0 Å². The molecule has 0 saturated heterocycles. The molecule has 1 heterocycles. The van der Waals surface area contributed by atoms with Gasteiger partial charge in [-0.2, -0.15) is 5.10 Å². The average Bonchev–Trinajstić information content (AvgIpc) is 2.72. The van der Waals surface area contributed by atoms with E-state index in [1.165, 1.54) is 16.8 Å². The predicted molar refractivity (Wildman–Crippen MR) is 84.4 cm³/mol. The zero-order valence-electron chi connectivity index (χ0n) is 13.2. The highest BCUT2D eigenvalue weighted by molar-refractivity contribution is 5.38. The van der Waals surface area contributed by atoms with E-state index in [0.717, 1.165) is 24.3 Å². The molecule has 0 amide bonds. The van der Waals surface area contributed by atoms with Crippen molar-refractivity contribution in [2.45, 2.75) is 53.6 Å². The van der Waals surface area contributed by atoms with E-state index >= 15 is 0 Å². The monoisotopic (exact) mass is 271 g/mol. The Morgan fingerprint density at radius 2 is 1.80 bits per heavy atom. The minimum atomic E-state index is 0.512. The third-order valence-corrected chi connectivity index (χ3v) is 3.69. The summed E-state index contributed by atoms with van der Waals surface area (Å²) < 4.78 is 2.05. The summed E-state index contributed by atoms with van der Waals surface area (Å²) >= 11 is 0. The molecule has 1 aromatic carbocycles. The molecule has 1 aromatic heterocycles. The highest BCUT2D eigenvalue weighted by Gasteiger charge is 2.10. The van der Waals surface area contributed by atoms with Gasteiger partial charge in [-0.15, -0.1) is 0 Å². The van der Waals surface area contributed by atoms with Gasteiger partial charge in [0.05, 0.1) is 11.4 Å². The lowest BCUT2D eigenvalue weighted by Gasteiger charge is -2.09. The smallest absolute Gasteiger partial charge is 0.0649 e. The molecule has 0 saturated carbocycles. The number of benzene rings is 1. The summed E-state index contributed by atoms with van der Waals surface area (Å²) in [5.74, 6) is 0. The molecule has 1 N–H and O–H groups in total. The predicted octanol–water partition coefficient (Wildman–Crippen LogP) is 3.55. The third-order valence-electron chi connectivity index (χ3n) is 3.69. The summed E-state index contributed by atoms with van der Waals surface area (Å²) in [6.07, 6.45) is 1.04. The minimum Gasteiger partial charge on any atom is -0.310 e. The van der Waals surface area contributed by atoms with Gasteiger partial charge < -0.3 is 5.32 Å². The Balaban J connectivity index is 2.22. The van der Waals surface area contributed by atoms with Gasteiger partial charge in [0.25, 0.3) is 0 Å². The Morgan fingerprint density at radius 3 is 2.30 bits per heavy atom. The lowest BCUT2D eigenvalue weighted by molar-refractivity contribution is 0.589. The minimum absolute atomic E-state index is 0.512. The molecule has 0 bridgehead atoms. The molecule has 2 rings (SSSR count). The SMILES string of the molecule is CCc1c(C)nn(-c2ccc(CNC(C)C)cc2)c1C. The molecule has 0 aliphatic carbocycles. The molecule has 108 valence electrons. The first-order chi connectivity index (χ1) is 9.52. The Morgan fingerprint density at radius 1 is 1.15 bits per heavy atom. The summed E-state index contributed by atoms with van der Waals surface area (Å²) in [5.41, 5.74) is 6.18. The molecule has 2 aromatic rings. The maximum Gasteiger partial charge on any atom is 0.0649 e. The van der Waals surface area contributed by atoms with E-state index in [2.05, 4.69) is 69.3 Å². The van der Waals surface area contributed by atoms with Crippen molar-refractivity contribution in [3.63, 3.8) is 0 Å². The third kappa shape index (κ3) is 3.10. The highest BCUT2D eigenvalue weighted by atomic mass is 15.3. The van der Waals surface area contributed by atoms with Crippen molar-refractivity contribution in [2.24, 2.45) is 0 Å². The average molecular weight is 271 g/mol. The second-order valence-corrected chi connectivity index (χ2v) is 5.62. The number of hydrogen-bond donors (Lipinski definition) is 1. The number of aryl methyl sites for hydroxylation is 1. The van der Waals surface area contributed by atoms with Crippen LogP contribution in [0.5, 0.6) is 0 Å². The van der Waals surface area contributed by atoms with E-state index in [1.54, 1.807) is 0 Å². The van der Waals surface area contributed by atoms with Crippen LogP contribution in [0.3, 0.4) is 0 Å². The molecule has 20 heavy (non-hydrogen) atoms. The van der Waals surface area contributed by atoms with Crippen LogP contribution in [0.25, 0.3) is 5.69 Å². The van der Waals surface area contributed by atoms with Crippen LogP contribution in [0.1, 0.15) is 43.3 Å². The van der Waals surface area contributed by atoms with Gasteiger partial charge in [0, 0.05) is 18.3 Å². The van der Waals surface area contributed by atoms with Crippen molar-refractivity contribution in [1.82, 2.24) is 15.1 Å². The highest BCUT2D eigenvalue weighted by Crippen LogP contribution is 2.18. The number of rotatable bonds is 5. The van der Waals surface area contributed by atoms with E-state index in [9.17, 15) is 0 Å². The first-order valence-electron chi connectivity index (χ1n) is 7.40. The molecule has 0 aliphatic heterocycles. The summed E-state index contributed by atoms with van der Waals surface area (Å²) in [6.45, 7) is 11.7. The molecule has 3 heteroatoms. The van der Waals surface area contributed by atoms with Crippen LogP contribution in [0.15, 0.2) is 24.3 Å². The Hall–Kier alpha value is -1.61. The normalized spacial score (nSPS) is 11.3. The largest absolute Gasteiger partial charge is 0.310 e. The number of hydrogen-bond acceptors (Lipinski definition) is 2. The van der Waals surface area contributed by atoms with Crippen LogP contribution in [0, 0.1) is 13.8 Å². The van der Waals surface area contributed by atoms with E-state index in [4.69, 9.17) is 0 Å². The van der Waals surface area contributed by atoms with Crippen LogP contribution in [0.4, 0.5) is 0 Å². The lowest BCUT2D eigenvalue weighted by Crippen LogP contribution is -2.21. The van der Waals surface area contributed by atoms with Crippen molar-refractivity contribution in [3.05, 3.63) is 46.8 Å². The molecular formula is C17H25N3. The van der Waals surface area contributed by atoms with Gasteiger partial charge in [-0.3, -0.25) is 0 Å². The van der Waals surface area contributed by atoms with Crippen LogP contribution in [-0.4, -0.2) is 15.8 Å². The number of aromatic nitrogens is 2. The van der Waals surface area contributed by atoms with E-state index in [1.807, 2.05) is 4.68 Å². The summed E-state index contributed by atoms with van der Waals surface area (Å²) in [6, 6.07) is 9.16.